The molecular weight excluding hydrogens is 328 g/mol. The lowest BCUT2D eigenvalue weighted by molar-refractivity contribution is -0.386. The summed E-state index contributed by atoms with van der Waals surface area (Å²) < 4.78 is 5.22. The van der Waals surface area contributed by atoms with Crippen LogP contribution in [-0.2, 0) is 9.53 Å². The number of amides is 1. The van der Waals surface area contributed by atoms with E-state index in [1.807, 2.05) is 0 Å². The first kappa shape index (κ1) is 20.4. The Kier molecular flexibility index (Phi) is 6.12. The van der Waals surface area contributed by atoms with Crippen LogP contribution in [0.4, 0.5) is 10.5 Å². The second kappa shape index (κ2) is 7.50. The number of nitro groups is 1. The van der Waals surface area contributed by atoms with Gasteiger partial charge in [0.05, 0.1) is 22.9 Å². The molecule has 138 valence electrons. The molecule has 1 unspecified atom stereocenters. The average Bonchev–Trinajstić information content (AvgIpc) is 2.41. The molecule has 1 atom stereocenters. The second-order valence-corrected chi connectivity index (χ2v) is 7.45. The summed E-state index contributed by atoms with van der Waals surface area (Å²) in [6.07, 6.45) is -1.06. The largest absolute Gasteiger partial charge is 0.481 e. The molecule has 2 N–H and O–H groups in total. The molecule has 1 amide bonds. The Bertz CT molecular complexity index is 663. The predicted molar refractivity (Wildman–Crippen MR) is 91.2 cm³/mol. The summed E-state index contributed by atoms with van der Waals surface area (Å²) >= 11 is 0. The molecule has 0 radical (unpaired) electrons. The molecule has 0 heterocycles. The maximum atomic E-state index is 12.2. The molecule has 1 rings (SSSR count). The number of alkyl carbamates (subject to hydrolysis) is 1. The number of aliphatic carboxylic acids is 1. The molecule has 8 heteroatoms. The number of carbonyl (C=O) groups is 2. The van der Waals surface area contributed by atoms with Crippen LogP contribution in [-0.4, -0.2) is 27.7 Å². The van der Waals surface area contributed by atoms with Gasteiger partial charge >= 0.3 is 12.1 Å². The first-order valence-corrected chi connectivity index (χ1v) is 7.78. The first-order valence-electron chi connectivity index (χ1n) is 7.78. The van der Waals surface area contributed by atoms with Gasteiger partial charge in [-0.25, -0.2) is 4.79 Å². The summed E-state index contributed by atoms with van der Waals surface area (Å²) in [5.41, 5.74) is -1.71. The third kappa shape index (κ3) is 6.06. The van der Waals surface area contributed by atoms with E-state index in [0.29, 0.717) is 0 Å². The number of rotatable bonds is 6. The minimum Gasteiger partial charge on any atom is -0.481 e. The summed E-state index contributed by atoms with van der Waals surface area (Å²) in [5, 5.41) is 23.1. The highest BCUT2D eigenvalue weighted by Crippen LogP contribution is 2.40. The second-order valence-electron chi connectivity index (χ2n) is 7.45. The summed E-state index contributed by atoms with van der Waals surface area (Å²) in [6.45, 7) is 8.32. The number of carbonyl (C=O) groups excluding carboxylic acids is 1. The number of nitro benzene ring substituents is 1. The highest BCUT2D eigenvalue weighted by Gasteiger charge is 2.38. The normalized spacial score (nSPS) is 13.0. The SMILES string of the molecule is CC(C)(C)OC(=O)NC(c1ccccc1[N+](=O)[O-])C(C)(C)CC(=O)O. The third-order valence-electron chi connectivity index (χ3n) is 3.49. The Morgan fingerprint density at radius 2 is 1.80 bits per heavy atom. The molecule has 0 spiro atoms. The minimum atomic E-state index is -1.07. The van der Waals surface area contributed by atoms with Crippen molar-refractivity contribution in [1.82, 2.24) is 5.32 Å². The number of nitrogens with one attached hydrogen (secondary N) is 1. The number of hydrogen-bond acceptors (Lipinski definition) is 5. The van der Waals surface area contributed by atoms with Crippen molar-refractivity contribution in [1.29, 1.82) is 0 Å². The quantitative estimate of drug-likeness (QED) is 0.595. The molecule has 0 bridgehead atoms. The van der Waals surface area contributed by atoms with Gasteiger partial charge in [-0.2, -0.15) is 0 Å². The Labute approximate surface area is 146 Å². The van der Waals surface area contributed by atoms with Gasteiger partial charge in [0.15, 0.2) is 0 Å². The molecule has 0 fully saturated rings. The maximum absolute atomic E-state index is 12.2. The monoisotopic (exact) mass is 352 g/mol. The van der Waals surface area contributed by atoms with Crippen molar-refractivity contribution in [2.45, 2.75) is 52.7 Å². The van der Waals surface area contributed by atoms with E-state index in [1.54, 1.807) is 40.7 Å². The van der Waals surface area contributed by atoms with E-state index < -0.39 is 34.0 Å². The fraction of sp³-hybridized carbons (Fsp3) is 0.529. The number of nitrogens with zero attached hydrogens (tertiary/aromatic N) is 1. The molecule has 8 nitrogen and oxygen atoms in total. The van der Waals surface area contributed by atoms with Crippen molar-refractivity contribution >= 4 is 17.7 Å². The maximum Gasteiger partial charge on any atom is 0.408 e. The van der Waals surface area contributed by atoms with Crippen molar-refractivity contribution in [3.05, 3.63) is 39.9 Å². The van der Waals surface area contributed by atoms with Crippen molar-refractivity contribution < 1.29 is 24.4 Å². The molecular formula is C17H24N2O6. The number of para-hydroxylation sites is 1. The van der Waals surface area contributed by atoms with Crippen LogP contribution in [0.15, 0.2) is 24.3 Å². The fourth-order valence-corrected chi connectivity index (χ4v) is 2.51. The molecule has 0 aliphatic carbocycles. The Hall–Kier alpha value is -2.64. The molecule has 0 saturated heterocycles. The van der Waals surface area contributed by atoms with Gasteiger partial charge in [0.2, 0.25) is 0 Å². The van der Waals surface area contributed by atoms with E-state index in [2.05, 4.69) is 5.32 Å². The Morgan fingerprint density at radius 3 is 2.28 bits per heavy atom. The van der Waals surface area contributed by atoms with Crippen LogP contribution in [0.3, 0.4) is 0 Å². The van der Waals surface area contributed by atoms with E-state index in [4.69, 9.17) is 9.84 Å². The van der Waals surface area contributed by atoms with Crippen molar-refractivity contribution in [3.63, 3.8) is 0 Å². The zero-order chi connectivity index (χ0) is 19.4. The lowest BCUT2D eigenvalue weighted by Crippen LogP contribution is -2.42. The van der Waals surface area contributed by atoms with Gasteiger partial charge in [0, 0.05) is 6.07 Å². The summed E-state index contributed by atoms with van der Waals surface area (Å²) in [4.78, 5) is 34.2. The molecule has 0 aliphatic heterocycles. The lowest BCUT2D eigenvalue weighted by atomic mass is 9.77. The highest BCUT2D eigenvalue weighted by atomic mass is 16.6. The van der Waals surface area contributed by atoms with Crippen LogP contribution in [0, 0.1) is 15.5 Å². The summed E-state index contributed by atoms with van der Waals surface area (Å²) in [5.74, 6) is -1.07. The lowest BCUT2D eigenvalue weighted by Gasteiger charge is -2.34. The van der Waals surface area contributed by atoms with Crippen LogP contribution in [0.1, 0.15) is 52.6 Å². The van der Waals surface area contributed by atoms with Gasteiger partial charge in [-0.1, -0.05) is 32.0 Å². The fourth-order valence-electron chi connectivity index (χ4n) is 2.51. The third-order valence-corrected chi connectivity index (χ3v) is 3.49. The molecule has 1 aromatic carbocycles. The zero-order valence-electron chi connectivity index (χ0n) is 15.0. The number of benzene rings is 1. The van der Waals surface area contributed by atoms with Crippen LogP contribution < -0.4 is 5.32 Å². The molecule has 0 aliphatic rings. The molecule has 0 aromatic heterocycles. The number of hydrogen-bond donors (Lipinski definition) is 2. The van der Waals surface area contributed by atoms with Crippen molar-refractivity contribution in [3.8, 4) is 0 Å². The minimum absolute atomic E-state index is 0.193. The van der Waals surface area contributed by atoms with Gasteiger partial charge in [-0.05, 0) is 26.2 Å². The number of carboxylic acids is 1. The van der Waals surface area contributed by atoms with Gasteiger partial charge < -0.3 is 15.2 Å². The summed E-state index contributed by atoms with van der Waals surface area (Å²) in [6, 6.07) is 5.01. The standard InChI is InChI=1S/C17H24N2O6/c1-16(2,3)25-15(22)18-14(17(4,5)10-13(20)21)11-8-6-7-9-12(11)19(23)24/h6-9,14H,10H2,1-5H3,(H,18,22)(H,20,21). The predicted octanol–water partition coefficient (Wildman–Crippen LogP) is 3.66. The Morgan fingerprint density at radius 1 is 1.24 bits per heavy atom. The van der Waals surface area contributed by atoms with E-state index >= 15 is 0 Å². The Balaban J connectivity index is 3.32. The van der Waals surface area contributed by atoms with E-state index in [1.165, 1.54) is 18.2 Å². The number of carboxylic acid groups (broad SMARTS) is 1. The van der Waals surface area contributed by atoms with E-state index in [-0.39, 0.29) is 17.7 Å². The average molecular weight is 352 g/mol. The molecule has 1 aromatic rings. The van der Waals surface area contributed by atoms with Crippen LogP contribution in [0.2, 0.25) is 0 Å². The first-order chi connectivity index (χ1) is 11.3. The smallest absolute Gasteiger partial charge is 0.408 e. The molecule has 25 heavy (non-hydrogen) atoms. The van der Waals surface area contributed by atoms with Crippen molar-refractivity contribution in [2.24, 2.45) is 5.41 Å². The van der Waals surface area contributed by atoms with E-state index in [9.17, 15) is 19.7 Å². The van der Waals surface area contributed by atoms with Crippen LogP contribution in [0.5, 0.6) is 0 Å². The zero-order valence-corrected chi connectivity index (χ0v) is 15.0. The van der Waals surface area contributed by atoms with Gasteiger partial charge in [0.25, 0.3) is 5.69 Å². The highest BCUT2D eigenvalue weighted by molar-refractivity contribution is 5.70. The van der Waals surface area contributed by atoms with Gasteiger partial charge in [-0.15, -0.1) is 0 Å². The van der Waals surface area contributed by atoms with E-state index in [0.717, 1.165) is 0 Å². The number of ether oxygens (including phenoxy) is 1. The van der Waals surface area contributed by atoms with Crippen molar-refractivity contribution in [2.75, 3.05) is 0 Å². The van der Waals surface area contributed by atoms with Crippen LogP contribution >= 0.6 is 0 Å². The topological polar surface area (TPSA) is 119 Å². The van der Waals surface area contributed by atoms with Gasteiger partial charge in [0.1, 0.15) is 5.60 Å². The van der Waals surface area contributed by atoms with Gasteiger partial charge in [-0.3, -0.25) is 14.9 Å². The van der Waals surface area contributed by atoms with Crippen LogP contribution in [0.25, 0.3) is 0 Å². The summed E-state index contributed by atoms with van der Waals surface area (Å²) in [7, 11) is 0. The molecule has 0 saturated carbocycles.